The van der Waals surface area contributed by atoms with Gasteiger partial charge in [0.2, 0.25) is 5.91 Å². The lowest BCUT2D eigenvalue weighted by atomic mass is 10.1. The summed E-state index contributed by atoms with van der Waals surface area (Å²) in [6.07, 6.45) is 6.32. The number of methoxy groups -OCH3 is 1. The van der Waals surface area contributed by atoms with Gasteiger partial charge in [0.15, 0.2) is 0 Å². The number of amides is 1. The van der Waals surface area contributed by atoms with E-state index in [1.165, 1.54) is 6.92 Å². The number of ether oxygens (including phenoxy) is 1. The molecule has 9 heteroatoms. The molecule has 0 atom stereocenters. The number of pyridine rings is 1. The molecule has 5 rings (SSSR count). The monoisotopic (exact) mass is 436 g/mol. The average molecular weight is 437 g/mol. The van der Waals surface area contributed by atoms with E-state index in [0.29, 0.717) is 30.6 Å². The Morgan fingerprint density at radius 3 is 2.62 bits per heavy atom. The van der Waals surface area contributed by atoms with Crippen molar-refractivity contribution in [3.05, 3.63) is 34.9 Å². The number of nitrogens with zero attached hydrogens (tertiary/aromatic N) is 5. The Morgan fingerprint density at radius 2 is 2.00 bits per heavy atom. The van der Waals surface area contributed by atoms with E-state index < -0.39 is 0 Å². The number of nitrogens with one attached hydrogen (secondary N) is 1. The maximum atomic E-state index is 13.1. The first-order valence-corrected chi connectivity index (χ1v) is 11.1. The zero-order valence-electron chi connectivity index (χ0n) is 18.8. The zero-order chi connectivity index (χ0) is 22.6. The van der Waals surface area contributed by atoms with Crippen LogP contribution in [-0.2, 0) is 9.53 Å². The average Bonchev–Trinajstić information content (AvgIpc) is 3.48. The van der Waals surface area contributed by atoms with Gasteiger partial charge in [0.05, 0.1) is 29.6 Å². The predicted molar refractivity (Wildman–Crippen MR) is 123 cm³/mol. The minimum Gasteiger partial charge on any atom is -0.378 e. The van der Waals surface area contributed by atoms with E-state index >= 15 is 0 Å². The van der Waals surface area contributed by atoms with Crippen LogP contribution >= 0.6 is 0 Å². The molecule has 1 saturated heterocycles. The second-order valence-electron chi connectivity index (χ2n) is 8.97. The molecule has 3 aromatic rings. The van der Waals surface area contributed by atoms with Crippen molar-refractivity contribution in [1.29, 1.82) is 0 Å². The number of hydrogen-bond acceptors (Lipinski definition) is 6. The van der Waals surface area contributed by atoms with Gasteiger partial charge in [0, 0.05) is 50.3 Å². The van der Waals surface area contributed by atoms with Gasteiger partial charge in [0.1, 0.15) is 11.5 Å². The summed E-state index contributed by atoms with van der Waals surface area (Å²) >= 11 is 0. The molecule has 0 unspecified atom stereocenters. The Labute approximate surface area is 186 Å². The standard InChI is InChI=1S/C23H28N6O3/c1-13(2)29-23(31)20(27-10-16(11-27)32-4)8-19(26-29)18-12-28(15-5-6-15)21-9-24-22(7-17(18)21)25-14(3)30/h7-9,12-13,15-16H,5-6,10-11H2,1-4H3,(H,24,25,30). The summed E-state index contributed by atoms with van der Waals surface area (Å²) in [5, 5.41) is 8.47. The van der Waals surface area contributed by atoms with Gasteiger partial charge in [-0.15, -0.1) is 0 Å². The van der Waals surface area contributed by atoms with E-state index in [-0.39, 0.29) is 23.6 Å². The summed E-state index contributed by atoms with van der Waals surface area (Å²) in [5.74, 6) is 0.335. The van der Waals surface area contributed by atoms with Gasteiger partial charge in [-0.25, -0.2) is 9.67 Å². The lowest BCUT2D eigenvalue weighted by molar-refractivity contribution is -0.114. The molecule has 0 radical (unpaired) electrons. The Kier molecular flexibility index (Phi) is 5.00. The molecular formula is C23H28N6O3. The molecule has 2 aliphatic rings. The van der Waals surface area contributed by atoms with Crippen LogP contribution in [0.25, 0.3) is 22.2 Å². The van der Waals surface area contributed by atoms with Crippen LogP contribution in [0.3, 0.4) is 0 Å². The number of carbonyl (C=O) groups is 1. The van der Waals surface area contributed by atoms with E-state index in [1.807, 2.05) is 30.9 Å². The van der Waals surface area contributed by atoms with Crippen molar-refractivity contribution in [3.8, 4) is 11.3 Å². The molecule has 9 nitrogen and oxygen atoms in total. The smallest absolute Gasteiger partial charge is 0.290 e. The molecule has 32 heavy (non-hydrogen) atoms. The van der Waals surface area contributed by atoms with Gasteiger partial charge >= 0.3 is 0 Å². The Balaban J connectivity index is 1.68. The fourth-order valence-corrected chi connectivity index (χ4v) is 4.25. The summed E-state index contributed by atoms with van der Waals surface area (Å²) in [5.41, 5.74) is 3.22. The first-order valence-electron chi connectivity index (χ1n) is 11.1. The van der Waals surface area contributed by atoms with Crippen molar-refractivity contribution < 1.29 is 9.53 Å². The van der Waals surface area contributed by atoms with Gasteiger partial charge < -0.3 is 19.5 Å². The second kappa shape index (κ2) is 7.74. The minimum absolute atomic E-state index is 0.0749. The topological polar surface area (TPSA) is 94.3 Å². The predicted octanol–water partition coefficient (Wildman–Crippen LogP) is 2.97. The van der Waals surface area contributed by atoms with E-state index in [1.54, 1.807) is 18.0 Å². The van der Waals surface area contributed by atoms with Crippen molar-refractivity contribution >= 4 is 28.3 Å². The summed E-state index contributed by atoms with van der Waals surface area (Å²) in [6.45, 7) is 6.76. The molecule has 4 heterocycles. The molecule has 0 spiro atoms. The largest absolute Gasteiger partial charge is 0.378 e. The number of fused-ring (bicyclic) bond motifs is 1. The summed E-state index contributed by atoms with van der Waals surface area (Å²) in [4.78, 5) is 31.2. The van der Waals surface area contributed by atoms with Crippen molar-refractivity contribution in [2.45, 2.75) is 51.8 Å². The molecule has 1 amide bonds. The molecular weight excluding hydrogens is 408 g/mol. The number of carbonyl (C=O) groups excluding carboxylic acids is 1. The van der Waals surface area contributed by atoms with Gasteiger partial charge in [-0.2, -0.15) is 5.10 Å². The minimum atomic E-state index is -0.167. The van der Waals surface area contributed by atoms with Crippen molar-refractivity contribution in [2.24, 2.45) is 0 Å². The third-order valence-corrected chi connectivity index (χ3v) is 6.17. The highest BCUT2D eigenvalue weighted by atomic mass is 16.5. The van der Waals surface area contributed by atoms with Gasteiger partial charge in [-0.1, -0.05) is 0 Å². The fraction of sp³-hybridized carbons (Fsp3) is 0.478. The van der Waals surface area contributed by atoms with E-state index in [2.05, 4.69) is 21.1 Å². The molecule has 1 aliphatic carbocycles. The number of hydrogen-bond donors (Lipinski definition) is 1. The van der Waals surface area contributed by atoms with Crippen LogP contribution in [0, 0.1) is 0 Å². The summed E-state index contributed by atoms with van der Waals surface area (Å²) in [6, 6.07) is 4.15. The van der Waals surface area contributed by atoms with Crippen molar-refractivity contribution in [3.63, 3.8) is 0 Å². The molecule has 1 saturated carbocycles. The van der Waals surface area contributed by atoms with Gasteiger partial charge in [0.25, 0.3) is 5.56 Å². The first kappa shape index (κ1) is 20.7. The Hall–Kier alpha value is -3.20. The maximum Gasteiger partial charge on any atom is 0.290 e. The van der Waals surface area contributed by atoms with Crippen molar-refractivity contribution in [2.75, 3.05) is 30.4 Å². The van der Waals surface area contributed by atoms with E-state index in [9.17, 15) is 9.59 Å². The quantitative estimate of drug-likeness (QED) is 0.638. The second-order valence-corrected chi connectivity index (χ2v) is 8.97. The number of aromatic nitrogens is 4. The van der Waals surface area contributed by atoms with E-state index in [4.69, 9.17) is 9.84 Å². The molecule has 3 aromatic heterocycles. The first-order chi connectivity index (χ1) is 15.4. The summed E-state index contributed by atoms with van der Waals surface area (Å²) in [7, 11) is 1.69. The van der Waals surface area contributed by atoms with Crippen LogP contribution in [0.4, 0.5) is 11.5 Å². The molecule has 1 N–H and O–H groups in total. The molecule has 2 fully saturated rings. The lowest BCUT2D eigenvalue weighted by Crippen LogP contribution is -2.54. The molecule has 0 bridgehead atoms. The molecule has 0 aromatic carbocycles. The third-order valence-electron chi connectivity index (χ3n) is 6.17. The Morgan fingerprint density at radius 1 is 1.25 bits per heavy atom. The fourth-order valence-electron chi connectivity index (χ4n) is 4.25. The molecule has 1 aliphatic heterocycles. The normalized spacial score (nSPS) is 16.6. The van der Waals surface area contributed by atoms with Crippen LogP contribution in [0.1, 0.15) is 45.7 Å². The third kappa shape index (κ3) is 3.56. The van der Waals surface area contributed by atoms with Crippen LogP contribution in [-0.4, -0.2) is 51.5 Å². The van der Waals surface area contributed by atoms with Crippen LogP contribution in [0.2, 0.25) is 0 Å². The maximum absolute atomic E-state index is 13.1. The lowest BCUT2D eigenvalue weighted by Gasteiger charge is -2.39. The highest BCUT2D eigenvalue weighted by Crippen LogP contribution is 2.41. The Bertz CT molecular complexity index is 1250. The number of rotatable bonds is 6. The van der Waals surface area contributed by atoms with Crippen LogP contribution in [0.5, 0.6) is 0 Å². The van der Waals surface area contributed by atoms with Crippen LogP contribution in [0.15, 0.2) is 29.3 Å². The van der Waals surface area contributed by atoms with Crippen molar-refractivity contribution in [1.82, 2.24) is 19.3 Å². The zero-order valence-corrected chi connectivity index (χ0v) is 18.8. The molecule has 168 valence electrons. The van der Waals surface area contributed by atoms with E-state index in [0.717, 1.165) is 35.0 Å². The SMILES string of the molecule is COC1CN(c2cc(-c3cn(C4CC4)c4cnc(NC(C)=O)cc34)nn(C(C)C)c2=O)C1. The highest BCUT2D eigenvalue weighted by molar-refractivity contribution is 5.98. The number of anilines is 2. The highest BCUT2D eigenvalue weighted by Gasteiger charge is 2.31. The van der Waals surface area contributed by atoms with Gasteiger partial charge in [-0.3, -0.25) is 9.59 Å². The summed E-state index contributed by atoms with van der Waals surface area (Å²) < 4.78 is 9.20. The van der Waals surface area contributed by atoms with Crippen LogP contribution < -0.4 is 15.8 Å². The van der Waals surface area contributed by atoms with Gasteiger partial charge in [-0.05, 0) is 38.8 Å².